The number of nitrogens with one attached hydrogen (secondary N) is 2. The van der Waals surface area contributed by atoms with Crippen molar-refractivity contribution in [3.63, 3.8) is 0 Å². The van der Waals surface area contributed by atoms with Gasteiger partial charge < -0.3 is 8.94 Å². The second-order valence-corrected chi connectivity index (χ2v) is 5.00. The van der Waals surface area contributed by atoms with Crippen LogP contribution in [0.15, 0.2) is 32.8 Å². The Morgan fingerprint density at radius 1 is 1.23 bits per heavy atom. The molecule has 3 heterocycles. The van der Waals surface area contributed by atoms with E-state index in [2.05, 4.69) is 25.8 Å². The van der Waals surface area contributed by atoms with Crippen LogP contribution >= 0.6 is 11.3 Å². The summed E-state index contributed by atoms with van der Waals surface area (Å²) in [5.74, 6) is -0.539. The summed E-state index contributed by atoms with van der Waals surface area (Å²) in [7, 11) is 0. The smallest absolute Gasteiger partial charge is 0.302 e. The molecular formula is C12H9N5O4S. The molecule has 0 radical (unpaired) electrons. The van der Waals surface area contributed by atoms with Crippen molar-refractivity contribution < 1.29 is 18.5 Å². The molecule has 0 bridgehead atoms. The topological polar surface area (TPSA) is 123 Å². The Balaban J connectivity index is 1.66. The number of aromatic nitrogens is 3. The van der Waals surface area contributed by atoms with Crippen LogP contribution in [0.5, 0.6) is 0 Å². The van der Waals surface area contributed by atoms with Crippen LogP contribution < -0.4 is 10.6 Å². The highest BCUT2D eigenvalue weighted by molar-refractivity contribution is 7.13. The molecular weight excluding hydrogens is 310 g/mol. The van der Waals surface area contributed by atoms with Crippen molar-refractivity contribution in [1.82, 2.24) is 15.1 Å². The molecule has 0 aliphatic carbocycles. The number of oxazole rings is 1. The Hall–Kier alpha value is -3.01. The van der Waals surface area contributed by atoms with E-state index in [0.29, 0.717) is 10.9 Å². The van der Waals surface area contributed by atoms with Gasteiger partial charge in [-0.25, -0.2) is 4.98 Å². The predicted molar refractivity (Wildman–Crippen MR) is 75.8 cm³/mol. The second-order valence-electron chi connectivity index (χ2n) is 4.11. The van der Waals surface area contributed by atoms with Crippen molar-refractivity contribution in [2.45, 2.75) is 6.92 Å². The molecule has 22 heavy (non-hydrogen) atoms. The quantitative estimate of drug-likeness (QED) is 0.753. The fourth-order valence-corrected chi connectivity index (χ4v) is 2.04. The maximum atomic E-state index is 11.9. The zero-order valence-electron chi connectivity index (χ0n) is 11.2. The van der Waals surface area contributed by atoms with E-state index in [0.717, 1.165) is 6.26 Å². The Bertz CT molecular complexity index is 807. The molecule has 0 spiro atoms. The van der Waals surface area contributed by atoms with Gasteiger partial charge in [0.15, 0.2) is 16.5 Å². The van der Waals surface area contributed by atoms with Crippen molar-refractivity contribution in [2.75, 3.05) is 10.6 Å². The molecule has 0 aliphatic rings. The summed E-state index contributed by atoms with van der Waals surface area (Å²) in [6.45, 7) is 1.66. The van der Waals surface area contributed by atoms with Crippen molar-refractivity contribution in [1.29, 1.82) is 0 Å². The minimum Gasteiger partial charge on any atom is -0.431 e. The molecule has 2 amide bonds. The van der Waals surface area contributed by atoms with Gasteiger partial charge in [0.1, 0.15) is 12.0 Å². The maximum Gasteiger partial charge on any atom is 0.302 e. The van der Waals surface area contributed by atoms with E-state index in [9.17, 15) is 9.59 Å². The van der Waals surface area contributed by atoms with E-state index in [-0.39, 0.29) is 17.4 Å². The van der Waals surface area contributed by atoms with Gasteiger partial charge in [0.25, 0.3) is 11.8 Å². The number of anilines is 2. The molecule has 0 saturated heterocycles. The van der Waals surface area contributed by atoms with Gasteiger partial charge in [-0.05, 0) is 6.92 Å². The van der Waals surface area contributed by atoms with Crippen molar-refractivity contribution >= 4 is 34.3 Å². The van der Waals surface area contributed by atoms with Crippen LogP contribution in [0.2, 0.25) is 0 Å². The first-order valence-electron chi connectivity index (χ1n) is 6.03. The molecule has 0 saturated carbocycles. The minimum atomic E-state index is -0.550. The summed E-state index contributed by atoms with van der Waals surface area (Å²) in [6.07, 6.45) is 2.70. The summed E-state index contributed by atoms with van der Waals surface area (Å²) in [5.41, 5.74) is 0.103. The lowest BCUT2D eigenvalue weighted by atomic mass is 10.3. The van der Waals surface area contributed by atoms with Gasteiger partial charge in [0, 0.05) is 17.6 Å². The van der Waals surface area contributed by atoms with Gasteiger partial charge in [-0.3, -0.25) is 20.2 Å². The largest absolute Gasteiger partial charge is 0.431 e. The lowest BCUT2D eigenvalue weighted by molar-refractivity contribution is 0.100. The maximum absolute atomic E-state index is 11.9. The van der Waals surface area contributed by atoms with Gasteiger partial charge >= 0.3 is 6.01 Å². The Kier molecular flexibility index (Phi) is 3.66. The van der Waals surface area contributed by atoms with Crippen LogP contribution in [0, 0.1) is 6.92 Å². The third kappa shape index (κ3) is 3.01. The number of aryl methyl sites for hydroxylation is 1. The highest BCUT2D eigenvalue weighted by atomic mass is 32.1. The molecule has 0 fully saturated rings. The molecule has 2 N–H and O–H groups in total. The van der Waals surface area contributed by atoms with Gasteiger partial charge in [-0.1, -0.05) is 5.16 Å². The van der Waals surface area contributed by atoms with Crippen LogP contribution in [-0.4, -0.2) is 26.9 Å². The predicted octanol–water partition coefficient (Wildman–Crippen LogP) is 1.93. The second kappa shape index (κ2) is 5.77. The summed E-state index contributed by atoms with van der Waals surface area (Å²) >= 11 is 1.27. The normalized spacial score (nSPS) is 10.4. The monoisotopic (exact) mass is 319 g/mol. The molecule has 3 aromatic rings. The number of hydrogen-bond acceptors (Lipinski definition) is 8. The van der Waals surface area contributed by atoms with Crippen LogP contribution in [0.3, 0.4) is 0 Å². The van der Waals surface area contributed by atoms with E-state index in [4.69, 9.17) is 8.94 Å². The van der Waals surface area contributed by atoms with Gasteiger partial charge in [0.05, 0.1) is 0 Å². The number of thiazole rings is 1. The lowest BCUT2D eigenvalue weighted by Gasteiger charge is -1.96. The number of nitrogens with zero attached hydrogens (tertiary/aromatic N) is 3. The molecule has 3 rings (SSSR count). The van der Waals surface area contributed by atoms with Gasteiger partial charge in [-0.15, -0.1) is 11.3 Å². The third-order valence-electron chi connectivity index (χ3n) is 2.47. The Morgan fingerprint density at radius 3 is 2.73 bits per heavy atom. The first-order chi connectivity index (χ1) is 10.6. The van der Waals surface area contributed by atoms with E-state index < -0.39 is 11.8 Å². The third-order valence-corrected chi connectivity index (χ3v) is 3.16. The number of rotatable bonds is 4. The summed E-state index contributed by atoms with van der Waals surface area (Å²) < 4.78 is 9.82. The fraction of sp³-hybridized carbons (Fsp3) is 0.0833. The molecule has 0 aromatic carbocycles. The standard InChI is InChI=1S/C12H9N5O4S/c1-6-4-7(17-21-6)9(18)15-11-14-8(5-20-11)10(19)16-12-13-2-3-22-12/h2-5H,1H3,(H,13,16,19)(H,14,15,18). The minimum absolute atomic E-state index is 0.0156. The van der Waals surface area contributed by atoms with E-state index >= 15 is 0 Å². The number of carbonyl (C=O) groups excluding carboxylic acids is 2. The van der Waals surface area contributed by atoms with Crippen molar-refractivity contribution in [3.8, 4) is 0 Å². The molecule has 0 unspecified atom stereocenters. The van der Waals surface area contributed by atoms with Gasteiger partial charge in [-0.2, -0.15) is 4.98 Å². The van der Waals surface area contributed by atoms with Crippen LogP contribution in [0.1, 0.15) is 26.7 Å². The lowest BCUT2D eigenvalue weighted by Crippen LogP contribution is -2.14. The first-order valence-corrected chi connectivity index (χ1v) is 6.91. The molecule has 9 nitrogen and oxygen atoms in total. The van der Waals surface area contributed by atoms with E-state index in [1.165, 1.54) is 17.4 Å². The zero-order valence-corrected chi connectivity index (χ0v) is 12.0. The molecule has 3 aromatic heterocycles. The van der Waals surface area contributed by atoms with Crippen LogP contribution in [0.4, 0.5) is 11.1 Å². The highest BCUT2D eigenvalue weighted by Gasteiger charge is 2.17. The highest BCUT2D eigenvalue weighted by Crippen LogP contribution is 2.14. The SMILES string of the molecule is Cc1cc(C(=O)Nc2nc(C(=O)Nc3nccs3)co2)no1. The summed E-state index contributed by atoms with van der Waals surface area (Å²) in [4.78, 5) is 31.5. The number of hydrogen-bond donors (Lipinski definition) is 2. The van der Waals surface area contributed by atoms with Crippen molar-refractivity contribution in [3.05, 3.63) is 41.1 Å². The molecule has 112 valence electrons. The van der Waals surface area contributed by atoms with Crippen molar-refractivity contribution in [2.24, 2.45) is 0 Å². The molecule has 0 atom stereocenters. The average Bonchev–Trinajstić information content (AvgIpc) is 3.20. The van der Waals surface area contributed by atoms with Crippen LogP contribution in [0.25, 0.3) is 0 Å². The van der Waals surface area contributed by atoms with E-state index in [1.54, 1.807) is 18.5 Å². The van der Waals surface area contributed by atoms with E-state index in [1.807, 2.05) is 0 Å². The number of carbonyl (C=O) groups is 2. The molecule has 10 heteroatoms. The fourth-order valence-electron chi connectivity index (χ4n) is 1.52. The Labute approximate surface area is 127 Å². The number of amides is 2. The zero-order chi connectivity index (χ0) is 15.5. The summed E-state index contributed by atoms with van der Waals surface area (Å²) in [6, 6.07) is 1.35. The average molecular weight is 319 g/mol. The Morgan fingerprint density at radius 2 is 2.05 bits per heavy atom. The molecule has 0 aliphatic heterocycles. The first kappa shape index (κ1) is 13.9. The van der Waals surface area contributed by atoms with Gasteiger partial charge in [0.2, 0.25) is 0 Å². The summed E-state index contributed by atoms with van der Waals surface area (Å²) in [5, 5.41) is 10.6. The van der Waals surface area contributed by atoms with Crippen LogP contribution in [-0.2, 0) is 0 Å².